The minimum atomic E-state index is -6.07. The number of alkyl halides is 5. The predicted octanol–water partition coefficient (Wildman–Crippen LogP) is 3.22. The van der Waals surface area contributed by atoms with E-state index in [0.29, 0.717) is 4.90 Å². The van der Waals surface area contributed by atoms with Crippen LogP contribution in [0.2, 0.25) is 0 Å². The first-order chi connectivity index (χ1) is 17.1. The van der Waals surface area contributed by atoms with E-state index in [1.54, 1.807) is 0 Å². The standard InChI is InChI=1S/C19H13F5N4O5S/c1-27-10-7-9(13-8(17(27)29)3-2-4-11(13)32-18(20)21)14-15(10)26-28-6-5-12(25-16(14)28)33-34(30,31)19(22,23)24/h2-6,9-10,18H,7H2,1H3/t9-,10-/m1/s1/i1D3. The van der Waals surface area contributed by atoms with Crippen molar-refractivity contribution in [3.63, 3.8) is 0 Å². The minimum absolute atomic E-state index is 0.00435. The summed E-state index contributed by atoms with van der Waals surface area (Å²) in [5, 5.41) is 4.22. The molecule has 3 heterocycles. The summed E-state index contributed by atoms with van der Waals surface area (Å²) in [7, 11) is -6.07. The molecule has 0 spiro atoms. The molecule has 5 rings (SSSR count). The number of carbonyl (C=O) groups excluding carboxylic acids is 1. The smallest absolute Gasteiger partial charge is 0.434 e. The van der Waals surface area contributed by atoms with Crippen LogP contribution < -0.4 is 8.92 Å². The Bertz CT molecular complexity index is 1540. The Labute approximate surface area is 192 Å². The second-order valence-corrected chi connectivity index (χ2v) is 8.93. The Balaban J connectivity index is 1.75. The highest BCUT2D eigenvalue weighted by molar-refractivity contribution is 7.87. The summed E-state index contributed by atoms with van der Waals surface area (Å²) < 4.78 is 121. The van der Waals surface area contributed by atoms with Gasteiger partial charge in [0.2, 0.25) is 5.88 Å². The Morgan fingerprint density at radius 2 is 2.00 bits per heavy atom. The van der Waals surface area contributed by atoms with Gasteiger partial charge in [0.15, 0.2) is 5.65 Å². The Hall–Kier alpha value is -3.49. The number of amides is 1. The first-order valence-corrected chi connectivity index (χ1v) is 10.8. The van der Waals surface area contributed by atoms with Gasteiger partial charge in [-0.25, -0.2) is 4.52 Å². The van der Waals surface area contributed by atoms with E-state index in [1.807, 2.05) is 0 Å². The lowest BCUT2D eigenvalue weighted by molar-refractivity contribution is -0.0509. The van der Waals surface area contributed by atoms with Gasteiger partial charge in [-0.2, -0.15) is 40.5 Å². The zero-order valence-corrected chi connectivity index (χ0v) is 17.3. The highest BCUT2D eigenvalue weighted by Gasteiger charge is 2.49. The molecule has 2 atom stereocenters. The van der Waals surface area contributed by atoms with Crippen LogP contribution in [0.5, 0.6) is 11.6 Å². The van der Waals surface area contributed by atoms with Gasteiger partial charge in [-0.1, -0.05) is 6.07 Å². The van der Waals surface area contributed by atoms with Crippen LogP contribution in [-0.2, 0) is 10.1 Å². The highest BCUT2D eigenvalue weighted by atomic mass is 32.2. The zero-order valence-electron chi connectivity index (χ0n) is 19.5. The molecule has 1 aliphatic heterocycles. The fraction of sp³-hybridized carbons (Fsp3) is 0.316. The first-order valence-electron chi connectivity index (χ1n) is 10.9. The van der Waals surface area contributed by atoms with E-state index >= 15 is 0 Å². The Morgan fingerprint density at radius 3 is 2.68 bits per heavy atom. The van der Waals surface area contributed by atoms with E-state index in [4.69, 9.17) is 4.11 Å². The fourth-order valence-electron chi connectivity index (χ4n) is 4.24. The predicted molar refractivity (Wildman–Crippen MR) is 103 cm³/mol. The lowest BCUT2D eigenvalue weighted by atomic mass is 9.89. The van der Waals surface area contributed by atoms with Gasteiger partial charge < -0.3 is 13.8 Å². The lowest BCUT2D eigenvalue weighted by Gasteiger charge is -2.23. The van der Waals surface area contributed by atoms with Crippen molar-refractivity contribution < 1.29 is 48.2 Å². The second kappa shape index (κ2) is 7.25. The maximum atomic E-state index is 13.3. The molecule has 2 aliphatic rings. The molecule has 0 unspecified atom stereocenters. The number of hydrogen-bond acceptors (Lipinski definition) is 7. The summed E-state index contributed by atoms with van der Waals surface area (Å²) in [6, 6.07) is 3.21. The molecule has 15 heteroatoms. The van der Waals surface area contributed by atoms with Gasteiger partial charge in [0.25, 0.3) is 5.91 Å². The molecule has 2 bridgehead atoms. The summed E-state index contributed by atoms with van der Waals surface area (Å²) in [6.07, 6.45) is 0.875. The Morgan fingerprint density at radius 1 is 1.24 bits per heavy atom. The van der Waals surface area contributed by atoms with Gasteiger partial charge in [0, 0.05) is 46.0 Å². The number of aromatic nitrogens is 3. The normalized spacial score (nSPS) is 21.5. The van der Waals surface area contributed by atoms with Gasteiger partial charge in [-0.15, -0.1) is 0 Å². The summed E-state index contributed by atoms with van der Waals surface area (Å²) in [5.74, 6) is -3.39. The Kier molecular flexibility index (Phi) is 4.03. The molecule has 0 saturated heterocycles. The fourth-order valence-corrected chi connectivity index (χ4v) is 4.65. The third-order valence-corrected chi connectivity index (χ3v) is 6.47. The molecule has 0 N–H and O–H groups in total. The molecule has 34 heavy (non-hydrogen) atoms. The van der Waals surface area contributed by atoms with Crippen LogP contribution in [0.4, 0.5) is 22.0 Å². The molecule has 2 aromatic heterocycles. The molecule has 0 saturated carbocycles. The van der Waals surface area contributed by atoms with Crippen molar-refractivity contribution in [2.75, 3.05) is 6.98 Å². The molecule has 1 aliphatic carbocycles. The summed E-state index contributed by atoms with van der Waals surface area (Å²) >= 11 is 0. The van der Waals surface area contributed by atoms with Crippen molar-refractivity contribution >= 4 is 21.7 Å². The van der Waals surface area contributed by atoms with Crippen molar-refractivity contribution in [1.29, 1.82) is 0 Å². The molecule has 180 valence electrons. The van der Waals surface area contributed by atoms with Crippen molar-refractivity contribution in [3.8, 4) is 11.6 Å². The third-order valence-electron chi connectivity index (χ3n) is 5.52. The van der Waals surface area contributed by atoms with E-state index < -0.39 is 58.7 Å². The molecule has 0 fully saturated rings. The number of carbonyl (C=O) groups is 1. The number of benzene rings is 1. The molecule has 1 aromatic carbocycles. The number of hydrogen-bond donors (Lipinski definition) is 0. The van der Waals surface area contributed by atoms with Crippen LogP contribution in [0.1, 0.15) is 49.7 Å². The number of rotatable bonds is 4. The van der Waals surface area contributed by atoms with Crippen LogP contribution in [0.15, 0.2) is 30.5 Å². The molecule has 0 radical (unpaired) electrons. The van der Waals surface area contributed by atoms with Crippen molar-refractivity contribution in [2.24, 2.45) is 0 Å². The molecular weight excluding hydrogens is 491 g/mol. The minimum Gasteiger partial charge on any atom is -0.434 e. The molecule has 1 amide bonds. The van der Waals surface area contributed by atoms with E-state index in [-0.39, 0.29) is 34.5 Å². The number of nitrogens with zero attached hydrogens (tertiary/aromatic N) is 4. The van der Waals surface area contributed by atoms with Crippen molar-refractivity contribution in [2.45, 2.75) is 30.5 Å². The van der Waals surface area contributed by atoms with E-state index in [9.17, 15) is 35.2 Å². The van der Waals surface area contributed by atoms with Crippen molar-refractivity contribution in [3.05, 3.63) is 52.8 Å². The monoisotopic (exact) mass is 507 g/mol. The SMILES string of the molecule is [2H]C([2H])([2H])N1C(=O)c2cccc(OC(F)F)c2[C@H]2C[C@@H]1c1nn3ccc(OS(=O)(=O)C(F)(F)F)nc3c12. The zero-order chi connectivity index (χ0) is 27.1. The number of halogens is 5. The maximum Gasteiger partial charge on any atom is 0.534 e. The van der Waals surface area contributed by atoms with Gasteiger partial charge in [0.05, 0.1) is 11.7 Å². The number of fused-ring (bicyclic) bond motifs is 9. The van der Waals surface area contributed by atoms with E-state index in [0.717, 1.165) is 22.8 Å². The lowest BCUT2D eigenvalue weighted by Crippen LogP contribution is -2.30. The van der Waals surface area contributed by atoms with Crippen LogP contribution in [0, 0.1) is 0 Å². The summed E-state index contributed by atoms with van der Waals surface area (Å²) in [5.41, 5.74) is -6.20. The van der Waals surface area contributed by atoms with Crippen LogP contribution in [0.25, 0.3) is 5.65 Å². The molecular formula is C19H13F5N4O5S. The average Bonchev–Trinajstić information content (AvgIpc) is 3.24. The van der Waals surface area contributed by atoms with Crippen LogP contribution in [-0.4, -0.2) is 52.9 Å². The highest BCUT2D eigenvalue weighted by Crippen LogP contribution is 2.53. The number of ether oxygens (including phenoxy) is 1. The van der Waals surface area contributed by atoms with Crippen LogP contribution >= 0.6 is 0 Å². The summed E-state index contributed by atoms with van der Waals surface area (Å²) in [4.78, 5) is 17.7. The largest absolute Gasteiger partial charge is 0.534 e. The molecule has 9 nitrogen and oxygen atoms in total. The van der Waals surface area contributed by atoms with Gasteiger partial charge in [-0.05, 0) is 18.6 Å². The summed E-state index contributed by atoms with van der Waals surface area (Å²) in [6.45, 7) is -6.29. The van der Waals surface area contributed by atoms with Gasteiger partial charge in [0.1, 0.15) is 5.75 Å². The molecule has 3 aromatic rings. The second-order valence-electron chi connectivity index (χ2n) is 7.39. The van der Waals surface area contributed by atoms with E-state index in [2.05, 4.69) is 19.0 Å². The topological polar surface area (TPSA) is 103 Å². The van der Waals surface area contributed by atoms with Crippen molar-refractivity contribution in [1.82, 2.24) is 19.5 Å². The van der Waals surface area contributed by atoms with Gasteiger partial charge in [-0.3, -0.25) is 4.79 Å². The van der Waals surface area contributed by atoms with E-state index in [1.165, 1.54) is 12.1 Å². The van der Waals surface area contributed by atoms with Crippen LogP contribution in [0.3, 0.4) is 0 Å². The quantitative estimate of drug-likeness (QED) is 0.304. The average molecular weight is 507 g/mol. The third kappa shape index (κ3) is 3.25. The first kappa shape index (κ1) is 18.9. The maximum absolute atomic E-state index is 13.3. The van der Waals surface area contributed by atoms with Gasteiger partial charge >= 0.3 is 22.2 Å².